The van der Waals surface area contributed by atoms with E-state index in [-0.39, 0.29) is 12.3 Å². The summed E-state index contributed by atoms with van der Waals surface area (Å²) in [6, 6.07) is -3.42. The number of nitrogens with one attached hydrogen (secondary N) is 4. The van der Waals surface area contributed by atoms with Crippen molar-refractivity contribution in [2.45, 2.75) is 44.8 Å². The van der Waals surface area contributed by atoms with Crippen LogP contribution in [0.4, 0.5) is 0 Å². The predicted octanol–water partition coefficient (Wildman–Crippen LogP) is -3.02. The molecule has 0 aliphatic heterocycles. The number of hydrogen-bond donors (Lipinski definition) is 7. The van der Waals surface area contributed by atoms with E-state index in [9.17, 15) is 24.0 Å². The average molecular weight is 425 g/mol. The normalized spacial score (nSPS) is 13.7. The third-order valence-corrected chi connectivity index (χ3v) is 4.03. The molecule has 166 valence electrons. The molecule has 0 saturated carbocycles. The number of hydrogen-bond acceptors (Lipinski definition) is 7. The van der Waals surface area contributed by atoms with Gasteiger partial charge in [-0.1, -0.05) is 13.8 Å². The summed E-state index contributed by atoms with van der Waals surface area (Å²) in [7, 11) is 0. The summed E-state index contributed by atoms with van der Waals surface area (Å²) in [4.78, 5) is 65.7. The van der Waals surface area contributed by atoms with E-state index < -0.39 is 60.7 Å². The van der Waals surface area contributed by atoms with Crippen molar-refractivity contribution in [3.05, 3.63) is 18.2 Å². The van der Waals surface area contributed by atoms with Crippen molar-refractivity contribution in [2.24, 2.45) is 17.4 Å². The van der Waals surface area contributed by atoms with Gasteiger partial charge in [0, 0.05) is 18.3 Å². The zero-order valence-corrected chi connectivity index (χ0v) is 16.7. The van der Waals surface area contributed by atoms with Crippen LogP contribution >= 0.6 is 0 Å². The Morgan fingerprint density at radius 3 is 2.30 bits per heavy atom. The zero-order chi connectivity index (χ0) is 22.8. The number of imidazole rings is 1. The van der Waals surface area contributed by atoms with E-state index in [4.69, 9.17) is 16.6 Å². The van der Waals surface area contributed by atoms with Gasteiger partial charge in [-0.3, -0.25) is 24.0 Å². The third kappa shape index (κ3) is 8.26. The van der Waals surface area contributed by atoms with Crippen molar-refractivity contribution >= 4 is 29.6 Å². The zero-order valence-electron chi connectivity index (χ0n) is 16.7. The molecular formula is C17H27N7O6. The number of aliphatic carboxylic acids is 1. The first-order chi connectivity index (χ1) is 14.0. The number of carbonyl (C=O) groups is 5. The van der Waals surface area contributed by atoms with Gasteiger partial charge in [0.15, 0.2) is 0 Å². The van der Waals surface area contributed by atoms with Crippen LogP contribution in [0.5, 0.6) is 0 Å². The summed E-state index contributed by atoms with van der Waals surface area (Å²) < 4.78 is 0. The number of H-pyrrole nitrogens is 1. The number of primary amides is 1. The number of nitrogens with zero attached hydrogens (tertiary/aromatic N) is 1. The number of rotatable bonds is 12. The number of amides is 4. The molecule has 3 unspecified atom stereocenters. The van der Waals surface area contributed by atoms with Gasteiger partial charge in [-0.05, 0) is 5.92 Å². The predicted molar refractivity (Wildman–Crippen MR) is 103 cm³/mol. The Bertz CT molecular complexity index is 765. The molecule has 13 nitrogen and oxygen atoms in total. The summed E-state index contributed by atoms with van der Waals surface area (Å²) in [6.07, 6.45) is 2.58. The maximum absolute atomic E-state index is 12.7. The first-order valence-corrected chi connectivity index (χ1v) is 9.12. The minimum atomic E-state index is -1.40. The van der Waals surface area contributed by atoms with Crippen molar-refractivity contribution in [1.29, 1.82) is 0 Å². The van der Waals surface area contributed by atoms with Crippen LogP contribution in [0, 0.1) is 5.92 Å². The second-order valence-corrected chi connectivity index (χ2v) is 6.96. The van der Waals surface area contributed by atoms with E-state index in [0.717, 1.165) is 0 Å². The monoisotopic (exact) mass is 425 g/mol. The molecule has 1 aromatic rings. The van der Waals surface area contributed by atoms with E-state index in [1.807, 2.05) is 0 Å². The Hall–Kier alpha value is -3.48. The van der Waals surface area contributed by atoms with Crippen LogP contribution in [-0.4, -0.2) is 69.3 Å². The average Bonchev–Trinajstić information content (AvgIpc) is 3.15. The van der Waals surface area contributed by atoms with Crippen molar-refractivity contribution in [3.8, 4) is 0 Å². The fourth-order valence-electron chi connectivity index (χ4n) is 2.48. The summed E-state index contributed by atoms with van der Waals surface area (Å²) in [6.45, 7) is 2.63. The van der Waals surface area contributed by atoms with Crippen molar-refractivity contribution < 1.29 is 29.1 Å². The molecule has 0 aliphatic carbocycles. The number of aromatic amines is 1. The molecule has 3 atom stereocenters. The minimum absolute atomic E-state index is 0.167. The maximum Gasteiger partial charge on any atom is 0.322 e. The van der Waals surface area contributed by atoms with Crippen LogP contribution in [0.2, 0.25) is 0 Å². The molecule has 30 heavy (non-hydrogen) atoms. The van der Waals surface area contributed by atoms with E-state index in [1.165, 1.54) is 12.5 Å². The molecule has 1 heterocycles. The highest BCUT2D eigenvalue weighted by Gasteiger charge is 2.31. The van der Waals surface area contributed by atoms with Gasteiger partial charge in [0.05, 0.1) is 18.8 Å². The lowest BCUT2D eigenvalue weighted by molar-refractivity contribution is -0.139. The van der Waals surface area contributed by atoms with Gasteiger partial charge in [-0.25, -0.2) is 4.98 Å². The standard InChI is InChI=1S/C17H27N7O6/c1-8(2)14(24-15(28)10(18)3-9-5-20-7-22-9)17(30)23-11(4-12(19)25)16(29)21-6-13(26)27/h5,7-8,10-11,14H,3-4,6,18H2,1-2H3,(H2,19,25)(H,20,22)(H,21,29)(H,23,30)(H,24,28)(H,26,27). The molecule has 0 spiro atoms. The Labute approximate surface area is 172 Å². The number of carbonyl (C=O) groups excluding carboxylic acids is 4. The van der Waals surface area contributed by atoms with Gasteiger partial charge in [0.1, 0.15) is 18.6 Å². The lowest BCUT2D eigenvalue weighted by Crippen LogP contribution is -2.58. The van der Waals surface area contributed by atoms with Crippen molar-refractivity contribution in [2.75, 3.05) is 6.54 Å². The van der Waals surface area contributed by atoms with Gasteiger partial charge >= 0.3 is 5.97 Å². The highest BCUT2D eigenvalue weighted by Crippen LogP contribution is 2.05. The molecule has 0 radical (unpaired) electrons. The highest BCUT2D eigenvalue weighted by molar-refractivity contribution is 5.95. The molecule has 1 rings (SSSR count). The molecule has 0 aromatic carbocycles. The third-order valence-electron chi connectivity index (χ3n) is 4.03. The number of nitrogens with two attached hydrogens (primary N) is 2. The van der Waals surface area contributed by atoms with Crippen LogP contribution in [0.25, 0.3) is 0 Å². The second-order valence-electron chi connectivity index (χ2n) is 6.96. The Kier molecular flexibility index (Phi) is 9.42. The van der Waals surface area contributed by atoms with Gasteiger partial charge in [0.25, 0.3) is 0 Å². The first kappa shape index (κ1) is 24.6. The fourth-order valence-corrected chi connectivity index (χ4v) is 2.48. The lowest BCUT2D eigenvalue weighted by atomic mass is 10.0. The molecular weight excluding hydrogens is 398 g/mol. The molecule has 9 N–H and O–H groups in total. The Morgan fingerprint density at radius 2 is 1.80 bits per heavy atom. The quantitative estimate of drug-likeness (QED) is 0.182. The maximum atomic E-state index is 12.7. The van der Waals surface area contributed by atoms with Crippen molar-refractivity contribution in [3.63, 3.8) is 0 Å². The topological polar surface area (TPSA) is 222 Å². The van der Waals surface area contributed by atoms with E-state index >= 15 is 0 Å². The van der Waals surface area contributed by atoms with Gasteiger partial charge in [-0.2, -0.15) is 0 Å². The molecule has 0 fully saturated rings. The van der Waals surface area contributed by atoms with Gasteiger partial charge in [-0.15, -0.1) is 0 Å². The fraction of sp³-hybridized carbons (Fsp3) is 0.529. The second kappa shape index (κ2) is 11.5. The summed E-state index contributed by atoms with van der Waals surface area (Å²) >= 11 is 0. The molecule has 0 bridgehead atoms. The summed E-state index contributed by atoms with van der Waals surface area (Å²) in [5, 5.41) is 15.6. The van der Waals surface area contributed by atoms with E-state index in [1.54, 1.807) is 13.8 Å². The van der Waals surface area contributed by atoms with Crippen LogP contribution in [0.3, 0.4) is 0 Å². The molecule has 13 heteroatoms. The van der Waals surface area contributed by atoms with Crippen LogP contribution in [-0.2, 0) is 30.4 Å². The number of aromatic nitrogens is 2. The van der Waals surface area contributed by atoms with Gasteiger partial charge in [0.2, 0.25) is 23.6 Å². The smallest absolute Gasteiger partial charge is 0.322 e. The Morgan fingerprint density at radius 1 is 1.13 bits per heavy atom. The summed E-state index contributed by atoms with van der Waals surface area (Å²) in [5.41, 5.74) is 11.6. The molecule has 0 saturated heterocycles. The number of carboxylic acid groups (broad SMARTS) is 1. The summed E-state index contributed by atoms with van der Waals surface area (Å²) in [5.74, 6) is -4.80. The Balaban J connectivity index is 2.80. The van der Waals surface area contributed by atoms with Crippen molar-refractivity contribution in [1.82, 2.24) is 25.9 Å². The minimum Gasteiger partial charge on any atom is -0.480 e. The molecule has 4 amide bonds. The van der Waals surface area contributed by atoms with E-state index in [2.05, 4.69) is 25.9 Å². The van der Waals surface area contributed by atoms with E-state index in [0.29, 0.717) is 5.69 Å². The first-order valence-electron chi connectivity index (χ1n) is 9.12. The highest BCUT2D eigenvalue weighted by atomic mass is 16.4. The molecule has 0 aliphatic rings. The number of carboxylic acids is 1. The SMILES string of the molecule is CC(C)C(NC(=O)C(N)Cc1cnc[nH]1)C(=O)NC(CC(N)=O)C(=O)NCC(=O)O. The van der Waals surface area contributed by atoms with Gasteiger partial charge < -0.3 is 37.5 Å². The lowest BCUT2D eigenvalue weighted by Gasteiger charge is -2.25. The molecule has 1 aromatic heterocycles. The largest absolute Gasteiger partial charge is 0.480 e. The van der Waals surface area contributed by atoms with Crippen LogP contribution in [0.1, 0.15) is 26.0 Å². The van der Waals surface area contributed by atoms with Crippen LogP contribution in [0.15, 0.2) is 12.5 Å². The van der Waals surface area contributed by atoms with Crippen LogP contribution < -0.4 is 27.4 Å².